The molecule has 0 aliphatic carbocycles. The second-order valence-corrected chi connectivity index (χ2v) is 4.82. The summed E-state index contributed by atoms with van der Waals surface area (Å²) in [6, 6.07) is 10.1. The molecule has 0 aliphatic rings. The third kappa shape index (κ3) is 3.63. The molecule has 1 aromatic carbocycles. The number of alkyl halides is 1. The minimum Gasteiger partial charge on any atom is -0.338 e. The first-order chi connectivity index (χ1) is 7.69. The highest BCUT2D eigenvalue weighted by Gasteiger charge is 2.18. The van der Waals surface area contributed by atoms with Crippen LogP contribution in [-0.2, 0) is 11.3 Å². The maximum absolute atomic E-state index is 12.0. The average Bonchev–Trinajstić information content (AvgIpc) is 2.35. The molecule has 0 fully saturated rings. The maximum Gasteiger partial charge on any atom is 0.236 e. The van der Waals surface area contributed by atoms with Crippen LogP contribution in [0.4, 0.5) is 0 Å². The van der Waals surface area contributed by atoms with E-state index in [0.29, 0.717) is 6.54 Å². The summed E-state index contributed by atoms with van der Waals surface area (Å²) in [5, 5.41) is 0. The Morgan fingerprint density at radius 2 is 1.94 bits per heavy atom. The number of hydrogen-bond donors (Lipinski definition) is 0. The number of nitrogens with zero attached hydrogens (tertiary/aromatic N) is 1. The molecule has 0 spiro atoms. The van der Waals surface area contributed by atoms with E-state index in [1.807, 2.05) is 49.1 Å². The lowest BCUT2D eigenvalue weighted by Gasteiger charge is -2.23. The minimum atomic E-state index is -0.0591. The molecule has 0 aromatic heterocycles. The fourth-order valence-corrected chi connectivity index (χ4v) is 1.81. The number of carbonyl (C=O) groups excluding carboxylic acids is 1. The molecule has 0 unspecified atom stereocenters. The molecule has 0 saturated heterocycles. The molecule has 0 saturated carbocycles. The van der Waals surface area contributed by atoms with E-state index >= 15 is 0 Å². The number of rotatable bonds is 5. The Morgan fingerprint density at radius 3 is 2.44 bits per heavy atom. The Bertz CT molecular complexity index is 326. The summed E-state index contributed by atoms with van der Waals surface area (Å²) in [4.78, 5) is 13.8. The summed E-state index contributed by atoms with van der Waals surface area (Å²) < 4.78 is 0. The molecule has 1 amide bonds. The molecule has 0 heterocycles. The normalized spacial score (nSPS) is 12.2. The van der Waals surface area contributed by atoms with Crippen LogP contribution in [0.15, 0.2) is 30.3 Å². The van der Waals surface area contributed by atoms with Crippen LogP contribution in [0, 0.1) is 0 Å². The largest absolute Gasteiger partial charge is 0.338 e. The summed E-state index contributed by atoms with van der Waals surface area (Å²) in [6.07, 6.45) is 0.824. The number of halogens is 1. The Labute approximate surface area is 106 Å². The van der Waals surface area contributed by atoms with Gasteiger partial charge in [-0.1, -0.05) is 53.2 Å². The second kappa shape index (κ2) is 6.69. The third-order valence-corrected chi connectivity index (χ3v) is 3.58. The van der Waals surface area contributed by atoms with Crippen LogP contribution in [-0.4, -0.2) is 22.2 Å². The summed E-state index contributed by atoms with van der Waals surface area (Å²) in [7, 11) is 0. The van der Waals surface area contributed by atoms with Crippen LogP contribution < -0.4 is 0 Å². The van der Waals surface area contributed by atoms with Crippen LogP contribution in [0.5, 0.6) is 0 Å². The van der Waals surface area contributed by atoms with Gasteiger partial charge in [-0.3, -0.25) is 4.79 Å². The molecule has 0 aliphatic heterocycles. The Hall–Kier alpha value is -0.830. The van der Waals surface area contributed by atoms with Crippen molar-refractivity contribution >= 4 is 21.8 Å². The number of carbonyl (C=O) groups is 1. The molecule has 1 aromatic rings. The van der Waals surface area contributed by atoms with Gasteiger partial charge in [0.25, 0.3) is 0 Å². The molecule has 0 radical (unpaired) electrons. The fraction of sp³-hybridized carbons (Fsp3) is 0.462. The van der Waals surface area contributed by atoms with Crippen LogP contribution in [0.3, 0.4) is 0 Å². The van der Waals surface area contributed by atoms with Gasteiger partial charge in [-0.05, 0) is 18.9 Å². The van der Waals surface area contributed by atoms with Gasteiger partial charge in [-0.2, -0.15) is 0 Å². The quantitative estimate of drug-likeness (QED) is 0.760. The molecule has 3 heteroatoms. The van der Waals surface area contributed by atoms with Gasteiger partial charge in [-0.25, -0.2) is 0 Å². The Morgan fingerprint density at radius 1 is 1.31 bits per heavy atom. The van der Waals surface area contributed by atoms with Gasteiger partial charge >= 0.3 is 0 Å². The van der Waals surface area contributed by atoms with E-state index in [1.165, 1.54) is 5.56 Å². The first kappa shape index (κ1) is 13.2. The number of benzene rings is 1. The highest BCUT2D eigenvalue weighted by atomic mass is 79.9. The molecular weight excluding hydrogens is 266 g/mol. The van der Waals surface area contributed by atoms with Crippen molar-refractivity contribution in [2.24, 2.45) is 0 Å². The zero-order valence-corrected chi connectivity index (χ0v) is 11.4. The van der Waals surface area contributed by atoms with E-state index in [0.717, 1.165) is 13.0 Å². The first-order valence-corrected chi connectivity index (χ1v) is 6.57. The molecule has 1 atom stereocenters. The predicted octanol–water partition coefficient (Wildman–Crippen LogP) is 3.21. The van der Waals surface area contributed by atoms with Gasteiger partial charge in [0.2, 0.25) is 5.91 Å². The van der Waals surface area contributed by atoms with Crippen molar-refractivity contribution in [2.45, 2.75) is 31.6 Å². The summed E-state index contributed by atoms with van der Waals surface area (Å²) in [5.41, 5.74) is 1.17. The number of hydrogen-bond acceptors (Lipinski definition) is 1. The van der Waals surface area contributed by atoms with Crippen molar-refractivity contribution in [1.29, 1.82) is 0 Å². The van der Waals surface area contributed by atoms with Gasteiger partial charge in [0.1, 0.15) is 0 Å². The van der Waals surface area contributed by atoms with Gasteiger partial charge in [-0.15, -0.1) is 0 Å². The van der Waals surface area contributed by atoms with Gasteiger partial charge in [0, 0.05) is 13.1 Å². The highest BCUT2D eigenvalue weighted by Crippen LogP contribution is 2.12. The van der Waals surface area contributed by atoms with Crippen LogP contribution in [0.2, 0.25) is 0 Å². The van der Waals surface area contributed by atoms with E-state index in [4.69, 9.17) is 0 Å². The minimum absolute atomic E-state index is 0.0591. The standard InChI is InChI=1S/C13H18BrNO/c1-3-12(14)13(16)15(4-2)10-11-8-6-5-7-9-11/h5-9,12H,3-4,10H2,1-2H3/t12-/m1/s1. The van der Waals surface area contributed by atoms with Crippen molar-refractivity contribution in [3.05, 3.63) is 35.9 Å². The Balaban J connectivity index is 2.66. The number of amides is 1. The summed E-state index contributed by atoms with van der Waals surface area (Å²) in [6.45, 7) is 5.46. The van der Waals surface area contributed by atoms with Crippen LogP contribution >= 0.6 is 15.9 Å². The molecule has 88 valence electrons. The van der Waals surface area contributed by atoms with Gasteiger partial charge in [0.05, 0.1) is 4.83 Å². The zero-order valence-electron chi connectivity index (χ0n) is 9.82. The van der Waals surface area contributed by atoms with Crippen LogP contribution in [0.1, 0.15) is 25.8 Å². The van der Waals surface area contributed by atoms with Crippen molar-refractivity contribution in [1.82, 2.24) is 4.90 Å². The van der Waals surface area contributed by atoms with Gasteiger partial charge in [0.15, 0.2) is 0 Å². The molecule has 0 N–H and O–H groups in total. The average molecular weight is 284 g/mol. The van der Waals surface area contributed by atoms with E-state index in [9.17, 15) is 4.79 Å². The smallest absolute Gasteiger partial charge is 0.236 e. The van der Waals surface area contributed by atoms with Crippen molar-refractivity contribution in [2.75, 3.05) is 6.54 Å². The predicted molar refractivity (Wildman–Crippen MR) is 70.5 cm³/mol. The summed E-state index contributed by atoms with van der Waals surface area (Å²) in [5.74, 6) is 0.175. The molecule has 1 rings (SSSR count). The molecular formula is C13H18BrNO. The molecule has 2 nitrogen and oxygen atoms in total. The lowest BCUT2D eigenvalue weighted by Crippen LogP contribution is -2.35. The molecule has 16 heavy (non-hydrogen) atoms. The highest BCUT2D eigenvalue weighted by molar-refractivity contribution is 9.10. The van der Waals surface area contributed by atoms with E-state index in [1.54, 1.807) is 0 Å². The van der Waals surface area contributed by atoms with Crippen LogP contribution in [0.25, 0.3) is 0 Å². The zero-order chi connectivity index (χ0) is 12.0. The first-order valence-electron chi connectivity index (χ1n) is 5.65. The van der Waals surface area contributed by atoms with E-state index < -0.39 is 0 Å². The topological polar surface area (TPSA) is 20.3 Å². The summed E-state index contributed by atoms with van der Waals surface area (Å²) >= 11 is 3.41. The van der Waals surface area contributed by atoms with Crippen molar-refractivity contribution in [3.63, 3.8) is 0 Å². The fourth-order valence-electron chi connectivity index (χ4n) is 1.52. The monoisotopic (exact) mass is 283 g/mol. The van der Waals surface area contributed by atoms with E-state index in [-0.39, 0.29) is 10.7 Å². The second-order valence-electron chi connectivity index (χ2n) is 3.71. The lowest BCUT2D eigenvalue weighted by molar-refractivity contribution is -0.130. The van der Waals surface area contributed by atoms with Crippen molar-refractivity contribution in [3.8, 4) is 0 Å². The Kier molecular flexibility index (Phi) is 5.53. The lowest BCUT2D eigenvalue weighted by atomic mass is 10.2. The van der Waals surface area contributed by atoms with E-state index in [2.05, 4.69) is 15.9 Å². The maximum atomic E-state index is 12.0. The van der Waals surface area contributed by atoms with Gasteiger partial charge < -0.3 is 4.90 Å². The van der Waals surface area contributed by atoms with Crippen molar-refractivity contribution < 1.29 is 4.79 Å². The SMILES string of the molecule is CC[C@@H](Br)C(=O)N(CC)Cc1ccccc1. The molecule has 0 bridgehead atoms. The third-order valence-electron chi connectivity index (χ3n) is 2.54.